The van der Waals surface area contributed by atoms with Gasteiger partial charge in [-0.05, 0) is 24.8 Å². The summed E-state index contributed by atoms with van der Waals surface area (Å²) in [6.45, 7) is 4.64. The quantitative estimate of drug-likeness (QED) is 0.908. The molecular weight excluding hydrogens is 304 g/mol. The molecule has 4 heterocycles. The van der Waals surface area contributed by atoms with Crippen LogP contribution in [0.2, 0.25) is 0 Å². The first kappa shape index (κ1) is 14.9. The fraction of sp³-hybridized carbons (Fsp3) is 0.529. The minimum Gasteiger partial charge on any atom is -0.354 e. The number of nitrogens with one attached hydrogen (secondary N) is 1. The summed E-state index contributed by atoms with van der Waals surface area (Å²) < 4.78 is 0. The first-order chi connectivity index (χ1) is 11.7. The molecule has 4 rings (SSSR count). The highest BCUT2D eigenvalue weighted by atomic mass is 16.2. The summed E-state index contributed by atoms with van der Waals surface area (Å²) in [6.07, 6.45) is 5.42. The number of likely N-dealkylation sites (tertiary alicyclic amines) is 1. The number of hydrogen-bond acceptors (Lipinski definition) is 5. The van der Waals surface area contributed by atoms with Crippen molar-refractivity contribution in [2.24, 2.45) is 5.92 Å². The Morgan fingerprint density at radius 3 is 3.21 bits per heavy atom. The Hall–Kier alpha value is -2.62. The molecule has 124 valence electrons. The fourth-order valence-electron chi connectivity index (χ4n) is 4.27. The molecular formula is C17H20N6O. The largest absolute Gasteiger partial charge is 0.354 e. The summed E-state index contributed by atoms with van der Waals surface area (Å²) in [4.78, 5) is 28.4. The summed E-state index contributed by atoms with van der Waals surface area (Å²) in [7, 11) is 0. The molecule has 2 aromatic rings. The van der Waals surface area contributed by atoms with Crippen molar-refractivity contribution in [3.63, 3.8) is 0 Å². The number of carbonyl (C=O) groups is 1. The summed E-state index contributed by atoms with van der Waals surface area (Å²) in [6, 6.07) is 3.98. The van der Waals surface area contributed by atoms with Gasteiger partial charge in [0.05, 0.1) is 17.0 Å². The van der Waals surface area contributed by atoms with E-state index in [2.05, 4.69) is 26.8 Å². The van der Waals surface area contributed by atoms with Crippen LogP contribution in [0.4, 0.5) is 5.82 Å². The van der Waals surface area contributed by atoms with Crippen molar-refractivity contribution in [3.05, 3.63) is 18.6 Å². The van der Waals surface area contributed by atoms with Crippen molar-refractivity contribution in [1.29, 1.82) is 5.26 Å². The Morgan fingerprint density at radius 1 is 1.54 bits per heavy atom. The Labute approximate surface area is 140 Å². The van der Waals surface area contributed by atoms with Gasteiger partial charge in [0, 0.05) is 25.8 Å². The van der Waals surface area contributed by atoms with Crippen molar-refractivity contribution >= 4 is 22.8 Å². The minimum atomic E-state index is -0.167. The maximum atomic E-state index is 12.3. The summed E-state index contributed by atoms with van der Waals surface area (Å²) in [5, 5.41) is 9.86. The van der Waals surface area contributed by atoms with Gasteiger partial charge < -0.3 is 14.8 Å². The molecule has 2 aromatic heterocycles. The number of amides is 1. The number of aromatic amines is 1. The Kier molecular flexibility index (Phi) is 3.41. The van der Waals surface area contributed by atoms with Crippen LogP contribution in [-0.4, -0.2) is 50.9 Å². The van der Waals surface area contributed by atoms with Gasteiger partial charge in [0.15, 0.2) is 0 Å². The van der Waals surface area contributed by atoms with Crippen molar-refractivity contribution in [3.8, 4) is 6.07 Å². The zero-order valence-electron chi connectivity index (χ0n) is 13.7. The molecule has 1 amide bonds. The van der Waals surface area contributed by atoms with E-state index in [0.717, 1.165) is 49.3 Å². The molecule has 1 N–H and O–H groups in total. The van der Waals surface area contributed by atoms with Crippen molar-refractivity contribution < 1.29 is 4.79 Å². The van der Waals surface area contributed by atoms with E-state index in [0.29, 0.717) is 5.92 Å². The number of piperidine rings is 1. The van der Waals surface area contributed by atoms with E-state index in [-0.39, 0.29) is 17.9 Å². The molecule has 0 bridgehead atoms. The first-order valence-corrected chi connectivity index (χ1v) is 8.36. The van der Waals surface area contributed by atoms with Gasteiger partial charge in [-0.25, -0.2) is 9.97 Å². The van der Waals surface area contributed by atoms with Crippen LogP contribution in [0.5, 0.6) is 0 Å². The van der Waals surface area contributed by atoms with E-state index in [1.165, 1.54) is 0 Å². The predicted octanol–water partition coefficient (Wildman–Crippen LogP) is 1.69. The van der Waals surface area contributed by atoms with Gasteiger partial charge in [-0.15, -0.1) is 0 Å². The number of carbonyl (C=O) groups excluding carboxylic acids is 1. The number of anilines is 1. The zero-order chi connectivity index (χ0) is 16.7. The molecule has 2 fully saturated rings. The molecule has 0 aromatic carbocycles. The molecule has 0 unspecified atom stereocenters. The molecule has 0 saturated carbocycles. The molecule has 2 saturated heterocycles. The highest BCUT2D eigenvalue weighted by molar-refractivity contribution is 5.87. The van der Waals surface area contributed by atoms with Gasteiger partial charge in [-0.2, -0.15) is 5.26 Å². The van der Waals surface area contributed by atoms with Crippen molar-refractivity contribution in [1.82, 2.24) is 19.9 Å². The van der Waals surface area contributed by atoms with E-state index in [1.54, 1.807) is 6.33 Å². The third-order valence-corrected chi connectivity index (χ3v) is 5.58. The predicted molar refractivity (Wildman–Crippen MR) is 89.2 cm³/mol. The van der Waals surface area contributed by atoms with Gasteiger partial charge in [0.1, 0.15) is 24.2 Å². The molecule has 0 radical (unpaired) electrons. The Bertz CT molecular complexity index is 824. The third-order valence-electron chi connectivity index (χ3n) is 5.58. The molecule has 2 aliphatic heterocycles. The molecule has 7 heteroatoms. The lowest BCUT2D eigenvalue weighted by Crippen LogP contribution is -2.73. The lowest BCUT2D eigenvalue weighted by atomic mass is 9.69. The van der Waals surface area contributed by atoms with Gasteiger partial charge in [0.25, 0.3) is 0 Å². The molecule has 0 aliphatic carbocycles. The average Bonchev–Trinajstić information content (AvgIpc) is 3.08. The summed E-state index contributed by atoms with van der Waals surface area (Å²) in [5.41, 5.74) is 0.665. The van der Waals surface area contributed by atoms with Crippen molar-refractivity contribution in [2.75, 3.05) is 24.5 Å². The fourth-order valence-corrected chi connectivity index (χ4v) is 4.27. The van der Waals surface area contributed by atoms with Crippen LogP contribution in [0.3, 0.4) is 0 Å². The van der Waals surface area contributed by atoms with Crippen LogP contribution in [0, 0.1) is 17.2 Å². The van der Waals surface area contributed by atoms with Gasteiger partial charge >= 0.3 is 0 Å². The number of nitrogens with zero attached hydrogens (tertiary/aromatic N) is 5. The standard InChI is InChI=1S/C17H20N6O/c1-12-9-23(14(24)3-6-18)17(12)5-2-8-22(10-17)16-13-4-7-19-15(13)20-11-21-16/h4,7,11-12H,2-3,5,8-10H2,1H3,(H,19,20,21)/t12-,17-/m0/s1. The van der Waals surface area contributed by atoms with E-state index in [1.807, 2.05) is 23.2 Å². The second-order valence-electron chi connectivity index (χ2n) is 6.81. The minimum absolute atomic E-state index is 0.0377. The number of hydrogen-bond donors (Lipinski definition) is 1. The highest BCUT2D eigenvalue weighted by Gasteiger charge is 2.54. The molecule has 24 heavy (non-hydrogen) atoms. The summed E-state index contributed by atoms with van der Waals surface area (Å²) >= 11 is 0. The second-order valence-corrected chi connectivity index (χ2v) is 6.81. The van der Waals surface area contributed by atoms with E-state index in [9.17, 15) is 4.79 Å². The molecule has 2 atom stereocenters. The van der Waals surface area contributed by atoms with Crippen molar-refractivity contribution in [2.45, 2.75) is 31.7 Å². The maximum absolute atomic E-state index is 12.3. The number of nitriles is 1. The average molecular weight is 324 g/mol. The van der Waals surface area contributed by atoms with Crippen LogP contribution in [0.25, 0.3) is 11.0 Å². The molecule has 2 aliphatic rings. The first-order valence-electron chi connectivity index (χ1n) is 8.36. The Morgan fingerprint density at radius 2 is 2.42 bits per heavy atom. The normalized spacial score (nSPS) is 26.4. The van der Waals surface area contributed by atoms with Crippen LogP contribution < -0.4 is 4.90 Å². The lowest BCUT2D eigenvalue weighted by molar-refractivity contribution is -0.156. The highest BCUT2D eigenvalue weighted by Crippen LogP contribution is 2.44. The van der Waals surface area contributed by atoms with Crippen LogP contribution in [0.1, 0.15) is 26.2 Å². The molecule has 1 spiro atoms. The van der Waals surface area contributed by atoms with Gasteiger partial charge in [-0.3, -0.25) is 4.79 Å². The van der Waals surface area contributed by atoms with Crippen LogP contribution >= 0.6 is 0 Å². The van der Waals surface area contributed by atoms with Crippen LogP contribution in [-0.2, 0) is 4.79 Å². The van der Waals surface area contributed by atoms with Gasteiger partial charge in [-0.1, -0.05) is 6.92 Å². The number of rotatable bonds is 2. The maximum Gasteiger partial charge on any atom is 0.237 e. The van der Waals surface area contributed by atoms with E-state index >= 15 is 0 Å². The smallest absolute Gasteiger partial charge is 0.237 e. The monoisotopic (exact) mass is 324 g/mol. The zero-order valence-corrected chi connectivity index (χ0v) is 13.7. The van der Waals surface area contributed by atoms with Gasteiger partial charge in [0.2, 0.25) is 5.91 Å². The molecule has 7 nitrogen and oxygen atoms in total. The lowest BCUT2D eigenvalue weighted by Gasteiger charge is -2.61. The third kappa shape index (κ3) is 2.06. The van der Waals surface area contributed by atoms with E-state index in [4.69, 9.17) is 5.26 Å². The number of fused-ring (bicyclic) bond motifs is 1. The Balaban J connectivity index is 1.65. The van der Waals surface area contributed by atoms with Crippen LogP contribution in [0.15, 0.2) is 18.6 Å². The number of H-pyrrole nitrogens is 1. The SMILES string of the molecule is C[C@H]1CN(C(=O)CC#N)[C@]12CCCN(c1ncnc3[nH]ccc13)C2. The number of aromatic nitrogens is 3. The summed E-state index contributed by atoms with van der Waals surface area (Å²) in [5.74, 6) is 1.31. The second kappa shape index (κ2) is 5.48. The topological polar surface area (TPSA) is 88.9 Å². The van der Waals surface area contributed by atoms with E-state index < -0.39 is 0 Å².